The second-order valence-electron chi connectivity index (χ2n) is 27.0. The van der Waals surface area contributed by atoms with Crippen LogP contribution in [0.3, 0.4) is 0 Å². The molecule has 0 radical (unpaired) electrons. The molecule has 0 aliphatic carbocycles. The molecule has 0 aromatic rings. The summed E-state index contributed by atoms with van der Waals surface area (Å²) < 4.78 is 23.6. The smallest absolute Gasteiger partial charge is 0.268 e. The molecule has 0 bridgehead atoms. The largest absolute Gasteiger partial charge is 0.756 e. The van der Waals surface area contributed by atoms with Gasteiger partial charge in [0, 0.05) is 6.42 Å². The number of quaternary nitrogens is 1. The van der Waals surface area contributed by atoms with Crippen molar-refractivity contribution in [1.82, 2.24) is 5.32 Å². The first-order valence-electron chi connectivity index (χ1n) is 37.3. The summed E-state index contributed by atoms with van der Waals surface area (Å²) in [7, 11) is 1.33. The molecule has 8 nitrogen and oxygen atoms in total. The van der Waals surface area contributed by atoms with Crippen molar-refractivity contribution in [3.63, 3.8) is 0 Å². The van der Waals surface area contributed by atoms with E-state index in [-0.39, 0.29) is 19.1 Å². The Morgan fingerprint density at radius 2 is 0.690 bits per heavy atom. The summed E-state index contributed by atoms with van der Waals surface area (Å²) in [6.45, 7) is 4.77. The SMILES string of the molecule is CCCCCCC/C=C\C/C=C\C/C=C\CCCCCCCCCCCCCCCCCCCCCCCCC(=O)NC(COP(=O)([O-])OCC[N+](C)(C)C)C(O)CCCCCCCCCCCCCCCCCCCCCCCCCCC. The molecule has 0 aliphatic rings. The van der Waals surface area contributed by atoms with Crippen molar-refractivity contribution in [2.24, 2.45) is 0 Å². The van der Waals surface area contributed by atoms with Crippen LogP contribution >= 0.6 is 7.82 Å². The normalized spacial score (nSPS) is 13.8. The lowest BCUT2D eigenvalue weighted by atomic mass is 10.0. The van der Waals surface area contributed by atoms with E-state index in [0.717, 1.165) is 51.4 Å². The number of aliphatic hydroxyl groups is 1. The zero-order valence-corrected chi connectivity index (χ0v) is 58.0. The number of likely N-dealkylation sites (N-methyl/N-ethyl adjacent to an activating group) is 1. The fourth-order valence-electron chi connectivity index (χ4n) is 11.6. The van der Waals surface area contributed by atoms with Crippen LogP contribution in [-0.4, -0.2) is 68.5 Å². The lowest BCUT2D eigenvalue weighted by Crippen LogP contribution is -2.46. The highest BCUT2D eigenvalue weighted by Gasteiger charge is 2.24. The minimum Gasteiger partial charge on any atom is -0.756 e. The van der Waals surface area contributed by atoms with Crippen LogP contribution in [0, 0.1) is 0 Å². The second-order valence-corrected chi connectivity index (χ2v) is 28.4. The number of unbranched alkanes of at least 4 members (excludes halogenated alkanes) is 51. The van der Waals surface area contributed by atoms with Gasteiger partial charge in [0.25, 0.3) is 7.82 Å². The molecule has 1 amide bonds. The molecule has 0 saturated carbocycles. The Kier molecular flexibility index (Phi) is 65.1. The number of nitrogens with one attached hydrogen (secondary N) is 1. The van der Waals surface area contributed by atoms with Crippen LogP contribution < -0.4 is 10.2 Å². The molecule has 3 unspecified atom stereocenters. The predicted octanol–water partition coefficient (Wildman–Crippen LogP) is 23.4. The highest BCUT2D eigenvalue weighted by molar-refractivity contribution is 7.45. The summed E-state index contributed by atoms with van der Waals surface area (Å²) in [5.74, 6) is -0.156. The van der Waals surface area contributed by atoms with E-state index in [4.69, 9.17) is 9.05 Å². The standard InChI is InChI=1S/C75H147N2O6P/c1-6-8-10-12-14-16-18-20-22-24-26-28-30-32-33-34-35-36-37-38-39-40-41-42-43-45-47-49-51-53-55-57-59-61-63-65-67-69-75(79)76-73(72-83-84(80,81)82-71-70-77(3,4)5)74(78)68-66-64-62-60-58-56-54-52-50-48-46-44-31-29-27-25-23-21-19-17-15-13-11-9-7-2/h18,20,24,26,30,32,73-74,78H,6-17,19,21-23,25,27-29,31,33-72H2,1-5H3,(H-,76,79,80,81)/b20-18-,26-24-,32-30-. The fourth-order valence-corrected chi connectivity index (χ4v) is 12.3. The molecule has 0 aliphatic heterocycles. The Morgan fingerprint density at radius 3 is 1.00 bits per heavy atom. The maximum atomic E-state index is 13.1. The zero-order valence-electron chi connectivity index (χ0n) is 57.1. The Labute approximate surface area is 525 Å². The van der Waals surface area contributed by atoms with Crippen molar-refractivity contribution in [3.05, 3.63) is 36.5 Å². The number of phosphoric ester groups is 1. The van der Waals surface area contributed by atoms with E-state index in [1.807, 2.05) is 21.1 Å². The molecule has 0 rings (SSSR count). The van der Waals surface area contributed by atoms with E-state index >= 15 is 0 Å². The minimum atomic E-state index is -4.58. The van der Waals surface area contributed by atoms with Gasteiger partial charge in [-0.05, 0) is 51.4 Å². The topological polar surface area (TPSA) is 108 Å². The molecule has 0 aromatic carbocycles. The number of amides is 1. The quantitative estimate of drug-likeness (QED) is 0.0272. The summed E-state index contributed by atoms with van der Waals surface area (Å²) in [5, 5.41) is 14.1. The van der Waals surface area contributed by atoms with Crippen LogP contribution in [0.1, 0.15) is 386 Å². The van der Waals surface area contributed by atoms with Gasteiger partial charge in [0.05, 0.1) is 39.9 Å². The molecular formula is C75H147N2O6P. The zero-order chi connectivity index (χ0) is 61.2. The number of allylic oxidation sites excluding steroid dienone is 6. The molecule has 0 saturated heterocycles. The second kappa shape index (κ2) is 66.1. The third-order valence-electron chi connectivity index (χ3n) is 17.4. The highest BCUT2D eigenvalue weighted by atomic mass is 31.2. The monoisotopic (exact) mass is 1200 g/mol. The number of carbonyl (C=O) groups excluding carboxylic acids is 1. The van der Waals surface area contributed by atoms with E-state index in [9.17, 15) is 19.4 Å². The Morgan fingerprint density at radius 1 is 0.417 bits per heavy atom. The van der Waals surface area contributed by atoms with E-state index in [2.05, 4.69) is 55.6 Å². The van der Waals surface area contributed by atoms with Crippen molar-refractivity contribution in [2.75, 3.05) is 40.9 Å². The van der Waals surface area contributed by atoms with Gasteiger partial charge < -0.3 is 28.8 Å². The van der Waals surface area contributed by atoms with Crippen LogP contribution in [0.4, 0.5) is 0 Å². The van der Waals surface area contributed by atoms with Gasteiger partial charge in [-0.25, -0.2) is 0 Å². The lowest BCUT2D eigenvalue weighted by Gasteiger charge is -2.30. The Bertz CT molecular complexity index is 1460. The Hall–Kier alpha value is -1.28. The van der Waals surface area contributed by atoms with Crippen molar-refractivity contribution in [2.45, 2.75) is 398 Å². The molecule has 84 heavy (non-hydrogen) atoms. The van der Waals surface area contributed by atoms with Crippen molar-refractivity contribution in [3.8, 4) is 0 Å². The molecular weight excluding hydrogens is 1060 g/mol. The van der Waals surface area contributed by atoms with Gasteiger partial charge in [0.15, 0.2) is 0 Å². The first kappa shape index (κ1) is 82.7. The number of rotatable bonds is 70. The van der Waals surface area contributed by atoms with Gasteiger partial charge in [-0.1, -0.05) is 365 Å². The number of hydrogen-bond donors (Lipinski definition) is 2. The van der Waals surface area contributed by atoms with Crippen LogP contribution in [0.2, 0.25) is 0 Å². The van der Waals surface area contributed by atoms with Gasteiger partial charge in [0.2, 0.25) is 5.91 Å². The van der Waals surface area contributed by atoms with Gasteiger partial charge in [-0.15, -0.1) is 0 Å². The van der Waals surface area contributed by atoms with E-state index in [1.54, 1.807) is 0 Å². The molecule has 0 fully saturated rings. The van der Waals surface area contributed by atoms with E-state index < -0.39 is 20.0 Å². The third kappa shape index (κ3) is 68.2. The molecule has 0 aromatic heterocycles. The van der Waals surface area contributed by atoms with Crippen LogP contribution in [0.5, 0.6) is 0 Å². The maximum Gasteiger partial charge on any atom is 0.268 e. The van der Waals surface area contributed by atoms with Gasteiger partial charge in [-0.2, -0.15) is 0 Å². The van der Waals surface area contributed by atoms with Crippen LogP contribution in [-0.2, 0) is 18.4 Å². The van der Waals surface area contributed by atoms with E-state index in [1.165, 1.54) is 308 Å². The van der Waals surface area contributed by atoms with Crippen LogP contribution in [0.25, 0.3) is 0 Å². The highest BCUT2D eigenvalue weighted by Crippen LogP contribution is 2.38. The molecule has 2 N–H and O–H groups in total. The lowest BCUT2D eigenvalue weighted by molar-refractivity contribution is -0.870. The maximum absolute atomic E-state index is 13.1. The minimum absolute atomic E-state index is 0.0148. The summed E-state index contributed by atoms with van der Waals surface area (Å²) in [6.07, 6.45) is 88.1. The number of phosphoric acid groups is 1. The van der Waals surface area contributed by atoms with Crippen molar-refractivity contribution in [1.29, 1.82) is 0 Å². The summed E-state index contributed by atoms with van der Waals surface area (Å²) in [6, 6.07) is -0.800. The number of hydrogen-bond acceptors (Lipinski definition) is 6. The fraction of sp³-hybridized carbons (Fsp3) is 0.907. The summed E-state index contributed by atoms with van der Waals surface area (Å²) >= 11 is 0. The number of aliphatic hydroxyl groups excluding tert-OH is 1. The molecule has 9 heteroatoms. The van der Waals surface area contributed by atoms with Crippen molar-refractivity contribution >= 4 is 13.7 Å². The Balaban J connectivity index is 3.94. The first-order valence-corrected chi connectivity index (χ1v) is 38.8. The molecule has 0 heterocycles. The molecule has 0 spiro atoms. The molecule has 3 atom stereocenters. The predicted molar refractivity (Wildman–Crippen MR) is 367 cm³/mol. The third-order valence-corrected chi connectivity index (χ3v) is 18.3. The summed E-state index contributed by atoms with van der Waals surface area (Å²) in [5.41, 5.74) is 0. The van der Waals surface area contributed by atoms with Crippen molar-refractivity contribution < 1.29 is 32.9 Å². The van der Waals surface area contributed by atoms with Gasteiger partial charge in [-0.3, -0.25) is 9.36 Å². The average molecular weight is 1200 g/mol. The number of nitrogens with zero attached hydrogens (tertiary/aromatic N) is 1. The van der Waals surface area contributed by atoms with E-state index in [0.29, 0.717) is 23.9 Å². The first-order chi connectivity index (χ1) is 41.0. The van der Waals surface area contributed by atoms with Gasteiger partial charge >= 0.3 is 0 Å². The molecule has 498 valence electrons. The number of carbonyl (C=O) groups is 1. The summed E-state index contributed by atoms with van der Waals surface area (Å²) in [4.78, 5) is 25.7. The van der Waals surface area contributed by atoms with Crippen LogP contribution in [0.15, 0.2) is 36.5 Å². The van der Waals surface area contributed by atoms with Gasteiger partial charge in [0.1, 0.15) is 13.2 Å². The average Bonchev–Trinajstić information content (AvgIpc) is 3.56.